The van der Waals surface area contributed by atoms with Gasteiger partial charge in [0.15, 0.2) is 11.4 Å². The van der Waals surface area contributed by atoms with Crippen molar-refractivity contribution >= 4 is 103 Å². The van der Waals surface area contributed by atoms with Gasteiger partial charge in [0, 0.05) is 103 Å². The molecular weight excluding hydrogens is 263 g/mol. The Morgan fingerprint density at radius 3 is 1.93 bits per heavy atom. The van der Waals surface area contributed by atoms with Crippen molar-refractivity contribution in [1.82, 2.24) is 9.97 Å². The SMILES string of the molecule is N#Cc1nc(C(F)(F)F)[nH]c1C#N.[K].[K]. The first kappa shape index (κ1) is 18.6. The van der Waals surface area contributed by atoms with Crippen molar-refractivity contribution < 1.29 is 13.2 Å². The van der Waals surface area contributed by atoms with Gasteiger partial charge in [-0.2, -0.15) is 23.7 Å². The van der Waals surface area contributed by atoms with Crippen molar-refractivity contribution in [2.75, 3.05) is 0 Å². The molecule has 0 saturated heterocycles. The van der Waals surface area contributed by atoms with Gasteiger partial charge < -0.3 is 4.98 Å². The van der Waals surface area contributed by atoms with Crippen molar-refractivity contribution in [3.63, 3.8) is 0 Å². The van der Waals surface area contributed by atoms with Gasteiger partial charge in [-0.05, 0) is 0 Å². The second kappa shape index (κ2) is 7.55. The molecular formula is C6HF3K2N4. The van der Waals surface area contributed by atoms with E-state index in [9.17, 15) is 13.2 Å². The zero-order valence-corrected chi connectivity index (χ0v) is 14.2. The fourth-order valence-corrected chi connectivity index (χ4v) is 0.669. The Labute approximate surface area is 168 Å². The summed E-state index contributed by atoms with van der Waals surface area (Å²) in [6, 6.07) is 2.77. The van der Waals surface area contributed by atoms with Crippen LogP contribution in [0.5, 0.6) is 0 Å². The minimum absolute atomic E-state index is 0. The first-order valence-electron chi connectivity index (χ1n) is 2.96. The van der Waals surface area contributed by atoms with Crippen LogP contribution in [-0.2, 0) is 6.18 Å². The molecule has 0 aromatic carbocycles. The Kier molecular flexibility index (Phi) is 9.37. The molecule has 1 aromatic rings. The molecule has 0 spiro atoms. The predicted molar refractivity (Wildman–Crippen MR) is 44.5 cm³/mol. The molecule has 1 aromatic heterocycles. The van der Waals surface area contributed by atoms with Gasteiger partial charge >= 0.3 is 6.18 Å². The first-order valence-corrected chi connectivity index (χ1v) is 2.96. The summed E-state index contributed by atoms with van der Waals surface area (Å²) in [6.07, 6.45) is -4.67. The molecule has 0 aliphatic heterocycles. The van der Waals surface area contributed by atoms with E-state index in [1.165, 1.54) is 12.1 Å². The molecule has 4 nitrogen and oxygen atoms in total. The number of halogens is 3. The third-order valence-electron chi connectivity index (χ3n) is 1.19. The molecule has 2 radical (unpaired) electrons. The van der Waals surface area contributed by atoms with Crippen LogP contribution < -0.4 is 0 Å². The number of alkyl halides is 3. The van der Waals surface area contributed by atoms with Crippen molar-refractivity contribution in [2.45, 2.75) is 6.18 Å². The average Bonchev–Trinajstić information content (AvgIpc) is 2.45. The number of aromatic amines is 1. The minimum atomic E-state index is -4.67. The molecule has 0 fully saturated rings. The third-order valence-corrected chi connectivity index (χ3v) is 1.19. The summed E-state index contributed by atoms with van der Waals surface area (Å²) >= 11 is 0. The fraction of sp³-hybridized carbons (Fsp3) is 0.167. The number of hydrogen-bond donors (Lipinski definition) is 1. The first-order chi connectivity index (χ1) is 5.99. The van der Waals surface area contributed by atoms with Crippen LogP contribution in [0.1, 0.15) is 17.2 Å². The molecule has 1 N–H and O–H groups in total. The summed E-state index contributed by atoms with van der Waals surface area (Å²) < 4.78 is 35.8. The van der Waals surface area contributed by atoms with Gasteiger partial charge in [0.25, 0.3) is 0 Å². The molecule has 68 valence electrons. The van der Waals surface area contributed by atoms with Crippen molar-refractivity contribution in [1.29, 1.82) is 10.5 Å². The Morgan fingerprint density at radius 2 is 1.67 bits per heavy atom. The smallest absolute Gasteiger partial charge is 0.325 e. The van der Waals surface area contributed by atoms with Gasteiger partial charge in [0.05, 0.1) is 0 Å². The number of nitriles is 2. The van der Waals surface area contributed by atoms with Crippen LogP contribution in [0.25, 0.3) is 0 Å². The molecule has 1 rings (SSSR count). The summed E-state index contributed by atoms with van der Waals surface area (Å²) in [5, 5.41) is 16.6. The maximum absolute atomic E-state index is 11.9. The molecule has 0 amide bonds. The summed E-state index contributed by atoms with van der Waals surface area (Å²) in [4.78, 5) is 4.61. The number of hydrogen-bond acceptors (Lipinski definition) is 3. The molecule has 0 aliphatic carbocycles. The monoisotopic (exact) mass is 264 g/mol. The van der Waals surface area contributed by atoms with Gasteiger partial charge in [-0.25, -0.2) is 4.98 Å². The molecule has 15 heavy (non-hydrogen) atoms. The molecule has 1 heterocycles. The van der Waals surface area contributed by atoms with Crippen molar-refractivity contribution in [3.8, 4) is 12.1 Å². The molecule has 0 atom stereocenters. The maximum Gasteiger partial charge on any atom is 0.449 e. The van der Waals surface area contributed by atoms with Crippen LogP contribution in [0.15, 0.2) is 0 Å². The summed E-state index contributed by atoms with van der Waals surface area (Å²) in [5.41, 5.74) is -1.02. The van der Waals surface area contributed by atoms with Gasteiger partial charge in [0.1, 0.15) is 12.1 Å². The maximum atomic E-state index is 11.9. The average molecular weight is 264 g/mol. The Hall–Kier alpha value is 1.25. The van der Waals surface area contributed by atoms with E-state index < -0.39 is 23.4 Å². The van der Waals surface area contributed by atoms with E-state index >= 15 is 0 Å². The van der Waals surface area contributed by atoms with Gasteiger partial charge in [0.2, 0.25) is 5.82 Å². The Morgan fingerprint density at radius 1 is 1.13 bits per heavy atom. The van der Waals surface area contributed by atoms with E-state index in [2.05, 4.69) is 4.98 Å². The Balaban J connectivity index is 0. The van der Waals surface area contributed by atoms with Crippen LogP contribution >= 0.6 is 0 Å². The standard InChI is InChI=1S/C6HF3N4.2K/c7-6(8,9)5-12-3(1-10)4(2-11)13-5;;/h(H,12,13);;. The van der Waals surface area contributed by atoms with Crippen LogP contribution in [0.3, 0.4) is 0 Å². The van der Waals surface area contributed by atoms with Gasteiger partial charge in [-0.1, -0.05) is 0 Å². The number of aromatic nitrogens is 2. The number of rotatable bonds is 0. The molecule has 0 aliphatic rings. The fourth-order valence-electron chi connectivity index (χ4n) is 0.669. The van der Waals surface area contributed by atoms with E-state index in [1.54, 1.807) is 4.98 Å². The zero-order valence-electron chi connectivity index (χ0n) is 7.98. The Bertz CT molecular complexity index is 380. The van der Waals surface area contributed by atoms with Crippen LogP contribution in [0.2, 0.25) is 0 Å². The van der Waals surface area contributed by atoms with Crippen LogP contribution in [0.4, 0.5) is 13.2 Å². The second-order valence-electron chi connectivity index (χ2n) is 2.03. The minimum Gasteiger partial charge on any atom is -0.325 e. The number of nitrogens with zero attached hydrogens (tertiary/aromatic N) is 3. The molecule has 0 bridgehead atoms. The number of H-pyrrole nitrogens is 1. The number of imidazole rings is 1. The largest absolute Gasteiger partial charge is 0.449 e. The predicted octanol–water partition coefficient (Wildman–Crippen LogP) is 0.410. The van der Waals surface area contributed by atoms with E-state index in [1.807, 2.05) is 0 Å². The zero-order chi connectivity index (χ0) is 10.1. The van der Waals surface area contributed by atoms with Gasteiger partial charge in [-0.3, -0.25) is 0 Å². The van der Waals surface area contributed by atoms with E-state index in [0.29, 0.717) is 0 Å². The van der Waals surface area contributed by atoms with Gasteiger partial charge in [-0.15, -0.1) is 0 Å². The second-order valence-corrected chi connectivity index (χ2v) is 2.03. The van der Waals surface area contributed by atoms with Crippen molar-refractivity contribution in [3.05, 3.63) is 17.2 Å². The topological polar surface area (TPSA) is 76.3 Å². The number of nitrogens with one attached hydrogen (secondary N) is 1. The molecule has 9 heteroatoms. The van der Waals surface area contributed by atoms with Crippen LogP contribution in [0, 0.1) is 22.7 Å². The molecule has 0 unspecified atom stereocenters. The third kappa shape index (κ3) is 4.95. The normalized spacial score (nSPS) is 9.13. The summed E-state index contributed by atoms with van der Waals surface area (Å²) in [5.74, 6) is -1.33. The summed E-state index contributed by atoms with van der Waals surface area (Å²) in [6.45, 7) is 0. The van der Waals surface area contributed by atoms with E-state index in [-0.39, 0.29) is 103 Å². The molecule has 0 saturated carbocycles. The van der Waals surface area contributed by atoms with Crippen LogP contribution in [-0.4, -0.2) is 113 Å². The van der Waals surface area contributed by atoms with E-state index in [0.717, 1.165) is 0 Å². The van der Waals surface area contributed by atoms with E-state index in [4.69, 9.17) is 10.5 Å². The van der Waals surface area contributed by atoms with Crippen molar-refractivity contribution in [2.24, 2.45) is 0 Å². The quantitative estimate of drug-likeness (QED) is 0.689. The summed E-state index contributed by atoms with van der Waals surface area (Å²) in [7, 11) is 0.